The summed E-state index contributed by atoms with van der Waals surface area (Å²) in [5, 5.41) is 0. The van der Waals surface area contributed by atoms with Gasteiger partial charge in [0.25, 0.3) is 5.91 Å². The highest BCUT2D eigenvalue weighted by Gasteiger charge is 2.23. The lowest BCUT2D eigenvalue weighted by atomic mass is 9.88. The molecule has 6 N–H and O–H groups in total. The predicted octanol–water partition coefficient (Wildman–Crippen LogP) is 0.659. The summed E-state index contributed by atoms with van der Waals surface area (Å²) < 4.78 is 0. The van der Waals surface area contributed by atoms with Crippen molar-refractivity contribution in [2.24, 2.45) is 11.5 Å². The van der Waals surface area contributed by atoms with Gasteiger partial charge in [-0.3, -0.25) is 15.0 Å². The fourth-order valence-corrected chi connectivity index (χ4v) is 2.81. The van der Waals surface area contributed by atoms with E-state index in [1.807, 2.05) is 18.2 Å². The highest BCUT2D eigenvalue weighted by atomic mass is 16.2. The van der Waals surface area contributed by atoms with E-state index in [-0.39, 0.29) is 12.5 Å². The van der Waals surface area contributed by atoms with Crippen LogP contribution in [0.25, 0.3) is 11.1 Å². The number of carbonyl (C=O) groups is 2. The summed E-state index contributed by atoms with van der Waals surface area (Å²) in [4.78, 5) is 23.8. The van der Waals surface area contributed by atoms with E-state index >= 15 is 0 Å². The topological polar surface area (TPSA) is 110 Å². The van der Waals surface area contributed by atoms with Gasteiger partial charge < -0.3 is 11.5 Å². The van der Waals surface area contributed by atoms with Crippen molar-refractivity contribution >= 4 is 11.8 Å². The van der Waals surface area contributed by atoms with E-state index in [9.17, 15) is 9.59 Å². The molecular formula is C16H16N4O2. The van der Waals surface area contributed by atoms with E-state index in [0.717, 1.165) is 11.1 Å². The Bertz CT molecular complexity index is 771. The van der Waals surface area contributed by atoms with Crippen molar-refractivity contribution < 1.29 is 9.59 Å². The zero-order valence-electron chi connectivity index (χ0n) is 11.8. The molecule has 1 aliphatic heterocycles. The van der Waals surface area contributed by atoms with Crippen LogP contribution in [0.5, 0.6) is 0 Å². The Morgan fingerprint density at radius 1 is 1.14 bits per heavy atom. The van der Waals surface area contributed by atoms with Gasteiger partial charge in [0.2, 0.25) is 5.91 Å². The van der Waals surface area contributed by atoms with E-state index in [1.54, 1.807) is 18.2 Å². The molecule has 0 atom stereocenters. The molecule has 0 fully saturated rings. The van der Waals surface area contributed by atoms with Crippen LogP contribution in [0, 0.1) is 0 Å². The Hall–Kier alpha value is -2.70. The number of fused-ring (bicyclic) bond motifs is 1. The number of hydrogen-bond donors (Lipinski definition) is 4. The van der Waals surface area contributed by atoms with E-state index in [4.69, 9.17) is 11.5 Å². The number of hydrazine groups is 1. The molecule has 6 nitrogen and oxygen atoms in total. The van der Waals surface area contributed by atoms with Crippen LogP contribution in [-0.2, 0) is 13.1 Å². The number of carbonyl (C=O) groups excluding carboxylic acids is 2. The van der Waals surface area contributed by atoms with Gasteiger partial charge in [0, 0.05) is 18.7 Å². The first-order valence-electron chi connectivity index (χ1n) is 6.90. The normalized spacial score (nSPS) is 13.4. The Labute approximate surface area is 127 Å². The first-order chi connectivity index (χ1) is 10.6. The van der Waals surface area contributed by atoms with Gasteiger partial charge in [-0.15, -0.1) is 0 Å². The molecule has 0 saturated heterocycles. The van der Waals surface area contributed by atoms with E-state index in [2.05, 4.69) is 10.9 Å². The van der Waals surface area contributed by atoms with Crippen molar-refractivity contribution in [3.63, 3.8) is 0 Å². The van der Waals surface area contributed by atoms with Crippen molar-refractivity contribution in [1.29, 1.82) is 0 Å². The smallest absolute Gasteiger partial charge is 0.266 e. The van der Waals surface area contributed by atoms with Gasteiger partial charge in [0.15, 0.2) is 0 Å². The van der Waals surface area contributed by atoms with Crippen molar-refractivity contribution in [2.75, 3.05) is 0 Å². The summed E-state index contributed by atoms with van der Waals surface area (Å²) in [5.41, 5.74) is 20.8. The molecule has 1 heterocycles. The molecule has 0 saturated carbocycles. The molecule has 0 radical (unpaired) electrons. The Kier molecular flexibility index (Phi) is 3.62. The van der Waals surface area contributed by atoms with E-state index < -0.39 is 5.91 Å². The number of benzene rings is 2. The maximum Gasteiger partial charge on any atom is 0.266 e. The average Bonchev–Trinajstić information content (AvgIpc) is 2.54. The minimum Gasteiger partial charge on any atom is -0.366 e. The van der Waals surface area contributed by atoms with Gasteiger partial charge in [-0.1, -0.05) is 30.3 Å². The summed E-state index contributed by atoms with van der Waals surface area (Å²) in [6.45, 7) is 0.727. The maximum atomic E-state index is 12.1. The van der Waals surface area contributed by atoms with Gasteiger partial charge >= 0.3 is 0 Å². The van der Waals surface area contributed by atoms with Gasteiger partial charge in [-0.2, -0.15) is 0 Å². The number of nitrogens with one attached hydrogen (secondary N) is 2. The molecule has 0 bridgehead atoms. The number of primary amides is 1. The molecule has 0 aliphatic carbocycles. The molecule has 22 heavy (non-hydrogen) atoms. The monoisotopic (exact) mass is 296 g/mol. The lowest BCUT2D eigenvalue weighted by molar-refractivity contribution is 0.0918. The second kappa shape index (κ2) is 5.59. The van der Waals surface area contributed by atoms with Crippen molar-refractivity contribution in [2.45, 2.75) is 13.1 Å². The number of rotatable bonds is 3. The highest BCUT2D eigenvalue weighted by molar-refractivity contribution is 6.03. The van der Waals surface area contributed by atoms with Crippen LogP contribution < -0.4 is 22.3 Å². The van der Waals surface area contributed by atoms with Gasteiger partial charge in [0.05, 0.1) is 5.56 Å². The highest BCUT2D eigenvalue weighted by Crippen LogP contribution is 2.31. The van der Waals surface area contributed by atoms with Gasteiger partial charge in [0.1, 0.15) is 0 Å². The molecule has 112 valence electrons. The summed E-state index contributed by atoms with van der Waals surface area (Å²) in [6.07, 6.45) is 0. The average molecular weight is 296 g/mol. The molecule has 6 heteroatoms. The first kappa shape index (κ1) is 14.2. The van der Waals surface area contributed by atoms with Crippen LogP contribution in [0.2, 0.25) is 0 Å². The quantitative estimate of drug-likeness (QED) is 0.667. The van der Waals surface area contributed by atoms with Gasteiger partial charge in [-0.25, -0.2) is 5.43 Å². The third-order valence-electron chi connectivity index (χ3n) is 3.79. The molecule has 2 amide bonds. The zero-order valence-corrected chi connectivity index (χ0v) is 11.8. The number of nitrogens with two attached hydrogens (primary N) is 2. The van der Waals surface area contributed by atoms with Crippen LogP contribution in [0.1, 0.15) is 31.8 Å². The van der Waals surface area contributed by atoms with Crippen LogP contribution in [-0.4, -0.2) is 11.8 Å². The van der Waals surface area contributed by atoms with Gasteiger partial charge in [-0.05, 0) is 28.3 Å². The Morgan fingerprint density at radius 3 is 2.64 bits per heavy atom. The molecule has 1 aliphatic rings. The Morgan fingerprint density at radius 2 is 1.91 bits per heavy atom. The zero-order chi connectivity index (χ0) is 15.7. The van der Waals surface area contributed by atoms with Crippen LogP contribution in [0.3, 0.4) is 0 Å². The van der Waals surface area contributed by atoms with Crippen molar-refractivity contribution in [3.05, 3.63) is 58.7 Å². The molecule has 3 rings (SSSR count). The van der Waals surface area contributed by atoms with Crippen LogP contribution in [0.4, 0.5) is 0 Å². The van der Waals surface area contributed by atoms with E-state index in [1.165, 1.54) is 0 Å². The predicted molar refractivity (Wildman–Crippen MR) is 82.6 cm³/mol. The van der Waals surface area contributed by atoms with Crippen LogP contribution >= 0.6 is 0 Å². The van der Waals surface area contributed by atoms with Crippen molar-refractivity contribution in [3.8, 4) is 11.1 Å². The lowest BCUT2D eigenvalue weighted by Gasteiger charge is -2.23. The third kappa shape index (κ3) is 2.24. The summed E-state index contributed by atoms with van der Waals surface area (Å²) in [6, 6.07) is 10.8. The fourth-order valence-electron chi connectivity index (χ4n) is 2.81. The Balaban J connectivity index is 2.27. The van der Waals surface area contributed by atoms with Crippen LogP contribution in [0.15, 0.2) is 36.4 Å². The summed E-state index contributed by atoms with van der Waals surface area (Å²) in [7, 11) is 0. The largest absolute Gasteiger partial charge is 0.366 e. The SMILES string of the molecule is NCc1c(-c2ccccc2C(N)=O)ccc2c1C(=O)NNC2. The van der Waals surface area contributed by atoms with E-state index in [0.29, 0.717) is 28.8 Å². The second-order valence-electron chi connectivity index (χ2n) is 5.05. The standard InChI is InChI=1S/C16H16N4O2/c17-7-13-11(10-3-1-2-4-12(10)15(18)21)6-5-9-8-19-20-16(22)14(9)13/h1-6,19H,7-8,17H2,(H2,18,21)(H,20,22). The molecule has 0 spiro atoms. The lowest BCUT2D eigenvalue weighted by Crippen LogP contribution is -2.42. The second-order valence-corrected chi connectivity index (χ2v) is 5.05. The molecular weight excluding hydrogens is 280 g/mol. The fraction of sp³-hybridized carbons (Fsp3) is 0.125. The summed E-state index contributed by atoms with van der Waals surface area (Å²) in [5.74, 6) is -0.734. The molecule has 0 unspecified atom stereocenters. The maximum absolute atomic E-state index is 12.1. The minimum atomic E-state index is -0.512. The molecule has 0 aromatic heterocycles. The third-order valence-corrected chi connectivity index (χ3v) is 3.79. The number of amides is 2. The molecule has 2 aromatic carbocycles. The van der Waals surface area contributed by atoms with Crippen molar-refractivity contribution in [1.82, 2.24) is 10.9 Å². The number of hydrogen-bond acceptors (Lipinski definition) is 4. The molecule has 2 aromatic rings. The summed E-state index contributed by atoms with van der Waals surface area (Å²) >= 11 is 0. The first-order valence-corrected chi connectivity index (χ1v) is 6.90. The minimum absolute atomic E-state index is 0.193.